The molecule has 0 spiro atoms. The van der Waals surface area contributed by atoms with E-state index in [1.165, 1.54) is 82.4 Å². The quantitative estimate of drug-likeness (QED) is 0.0244. The van der Waals surface area contributed by atoms with Crippen LogP contribution in [0, 0.1) is 47.3 Å². The molecule has 3 aromatic rings. The number of hydrogen-bond acceptors (Lipinski definition) is 14. The van der Waals surface area contributed by atoms with E-state index >= 15 is 0 Å². The van der Waals surface area contributed by atoms with Gasteiger partial charge in [0.1, 0.15) is 11.8 Å². The molecule has 19 nitrogen and oxygen atoms in total. The lowest BCUT2D eigenvalue weighted by molar-refractivity contribution is -0.137. The average Bonchev–Trinajstić information content (AvgIpc) is 0.885. The van der Waals surface area contributed by atoms with Gasteiger partial charge in [-0.15, -0.1) is 0 Å². The van der Waals surface area contributed by atoms with Crippen molar-refractivity contribution in [3.05, 3.63) is 83.9 Å². The van der Waals surface area contributed by atoms with Crippen molar-refractivity contribution >= 4 is 70.2 Å². The number of benzene rings is 2. The van der Waals surface area contributed by atoms with Crippen molar-refractivity contribution in [3.8, 4) is 5.75 Å². The molecule has 0 aliphatic heterocycles. The molecule has 0 radical (unpaired) electrons. The van der Waals surface area contributed by atoms with Crippen LogP contribution in [-0.2, 0) is 67.2 Å². The van der Waals surface area contributed by atoms with Gasteiger partial charge in [-0.3, -0.25) is 47.9 Å². The topological polar surface area (TPSA) is 300 Å². The first-order chi connectivity index (χ1) is 46.8. The molecule has 0 saturated heterocycles. The fourth-order valence-corrected chi connectivity index (χ4v) is 13.1. The smallest absolute Gasteiger partial charge is 0.224 e. The lowest BCUT2D eigenvalue weighted by Gasteiger charge is -2.29. The minimum Gasteiger partial charge on any atom is -0.508 e. The van der Waals surface area contributed by atoms with E-state index in [9.17, 15) is 58.2 Å². The van der Waals surface area contributed by atoms with E-state index in [-0.39, 0.29) is 105 Å². The van der Waals surface area contributed by atoms with Crippen LogP contribution < -0.4 is 26.6 Å². The number of carbonyl (C=O) groups excluding carboxylic acids is 10. The SMILES string of the molecule is CCCCCCCCCCCCCCCC(=O)N[C@@H](CC(C)C)C(=O)C[C@@H](Cc1ccc(O)cc1)C(=O)N[C@@H](CC(C)C)C(=O)C[C@@H](Cc1cnc[nH]1)C(=O)N[C@@H](CO)C(=O)C[C@@H](CC(C)C)C(=O)N[C@H](C(=O)C[C@@H](Cc1ccccc1)C(=O)N[C@@H](CCSC)C(=O)CC)[C@@H](C)CC. The number of thioether (sulfide) groups is 1. The van der Waals surface area contributed by atoms with Gasteiger partial charge in [0.05, 0.1) is 43.0 Å². The number of unbranched alkanes of at least 4 members (excludes halogenated alkanes) is 12. The van der Waals surface area contributed by atoms with Gasteiger partial charge in [0.15, 0.2) is 28.9 Å². The van der Waals surface area contributed by atoms with Gasteiger partial charge in [-0.2, -0.15) is 11.8 Å². The lowest BCUT2D eigenvalue weighted by atomic mass is 9.85. The largest absolute Gasteiger partial charge is 0.508 e. The highest BCUT2D eigenvalue weighted by atomic mass is 32.2. The van der Waals surface area contributed by atoms with E-state index in [0.717, 1.165) is 24.8 Å². The lowest BCUT2D eigenvalue weighted by Crippen LogP contribution is -2.51. The Balaban J connectivity index is 1.84. The third-order valence-corrected chi connectivity index (χ3v) is 19.2. The van der Waals surface area contributed by atoms with Crippen LogP contribution >= 0.6 is 11.8 Å². The molecule has 548 valence electrons. The third kappa shape index (κ3) is 34.0. The number of ketones is 5. The predicted molar refractivity (Wildman–Crippen MR) is 390 cm³/mol. The second-order valence-electron chi connectivity index (χ2n) is 28.7. The highest BCUT2D eigenvalue weighted by Gasteiger charge is 2.38. The summed E-state index contributed by atoms with van der Waals surface area (Å²) in [5.41, 5.74) is 1.96. The second kappa shape index (κ2) is 48.3. The summed E-state index contributed by atoms with van der Waals surface area (Å²) in [6, 6.07) is 10.3. The fourth-order valence-electron chi connectivity index (χ4n) is 12.6. The molecular weight excluding hydrogens is 1260 g/mol. The summed E-state index contributed by atoms with van der Waals surface area (Å²) in [5.74, 6) is -8.59. The van der Waals surface area contributed by atoms with E-state index in [0.29, 0.717) is 42.7 Å². The number of aromatic hydroxyl groups is 1. The zero-order chi connectivity index (χ0) is 72.5. The van der Waals surface area contributed by atoms with Gasteiger partial charge in [-0.1, -0.05) is 195 Å². The molecule has 0 fully saturated rings. The molecule has 0 aliphatic carbocycles. The molecule has 98 heavy (non-hydrogen) atoms. The highest BCUT2D eigenvalue weighted by Crippen LogP contribution is 2.26. The molecule has 1 heterocycles. The standard InChI is InChI=1S/C78H123N7O12S/c1-12-15-16-17-18-19-20-21-22-23-24-25-29-32-73(93)81-65(40-53(6)7)69(89)46-59(43-57-33-35-63(87)36-34-57)76(95)83-66(41-54(8)9)70(90)47-61(44-62-49-79-51-80-62)77(96)84-67(50-86)71(91)45-58(39-52(4)5)78(97)85-74(55(10)13-2)72(92)48-60(42-56-30-27-26-28-31-56)75(94)82-64(37-38-98-11)68(88)14-3/h26-28,30-31,33-36,49,51-55,58-61,64-67,74,86-87H,12-25,29,32,37-48,50H2,1-11H3,(H,79,80)(H,81,93)(H,82,94)(H,83,95)(H,84,96)(H,85,97)/t55-,58+,59+,60+,61+,64-,65-,66-,67-,74-/m0/s1. The number of H-pyrrole nitrogens is 1. The van der Waals surface area contributed by atoms with Gasteiger partial charge in [0.2, 0.25) is 29.5 Å². The summed E-state index contributed by atoms with van der Waals surface area (Å²) in [6.07, 6.45) is 21.1. The molecule has 8 N–H and O–H groups in total. The molecule has 0 saturated carbocycles. The maximum Gasteiger partial charge on any atom is 0.224 e. The number of hydrogen-bond donors (Lipinski definition) is 8. The van der Waals surface area contributed by atoms with Crippen LogP contribution in [0.1, 0.15) is 240 Å². The first-order valence-corrected chi connectivity index (χ1v) is 38.2. The number of imidazole rings is 1. The van der Waals surface area contributed by atoms with Gasteiger partial charge < -0.3 is 41.8 Å². The van der Waals surface area contributed by atoms with Gasteiger partial charge in [0.25, 0.3) is 0 Å². The summed E-state index contributed by atoms with van der Waals surface area (Å²) in [4.78, 5) is 150. The summed E-state index contributed by atoms with van der Waals surface area (Å²) in [5, 5.41) is 35.5. The molecule has 1 aromatic heterocycles. The van der Waals surface area contributed by atoms with E-state index < -0.39 is 114 Å². The molecule has 3 rings (SSSR count). The van der Waals surface area contributed by atoms with E-state index in [4.69, 9.17) is 0 Å². The van der Waals surface area contributed by atoms with Crippen molar-refractivity contribution in [2.75, 3.05) is 18.6 Å². The summed E-state index contributed by atoms with van der Waals surface area (Å²) >= 11 is 1.56. The number of rotatable bonds is 55. The third-order valence-electron chi connectivity index (χ3n) is 18.6. The Hall–Kier alpha value is -6.54. The fraction of sp³-hybridized carbons (Fsp3) is 0.679. The van der Waals surface area contributed by atoms with Crippen LogP contribution in [0.4, 0.5) is 0 Å². The van der Waals surface area contributed by atoms with Crippen molar-refractivity contribution in [2.24, 2.45) is 47.3 Å². The molecule has 2 aromatic carbocycles. The zero-order valence-corrected chi connectivity index (χ0v) is 62.0. The van der Waals surface area contributed by atoms with Crippen LogP contribution in [0.15, 0.2) is 67.1 Å². The minimum atomic E-state index is -1.51. The van der Waals surface area contributed by atoms with Crippen LogP contribution in [0.2, 0.25) is 0 Å². The molecule has 0 unspecified atom stereocenters. The van der Waals surface area contributed by atoms with Crippen LogP contribution in [0.5, 0.6) is 5.75 Å². The van der Waals surface area contributed by atoms with E-state index in [1.54, 1.807) is 30.8 Å². The molecule has 20 heteroatoms. The van der Waals surface area contributed by atoms with Crippen LogP contribution in [0.25, 0.3) is 0 Å². The molecule has 10 atom stereocenters. The number of nitrogens with zero attached hydrogens (tertiary/aromatic N) is 1. The van der Waals surface area contributed by atoms with E-state index in [1.807, 2.05) is 92.0 Å². The van der Waals surface area contributed by atoms with Gasteiger partial charge in [-0.25, -0.2) is 4.98 Å². The number of aromatic nitrogens is 2. The van der Waals surface area contributed by atoms with E-state index in [2.05, 4.69) is 43.5 Å². The van der Waals surface area contributed by atoms with Crippen molar-refractivity contribution < 1.29 is 58.2 Å². The summed E-state index contributed by atoms with van der Waals surface area (Å²) < 4.78 is 0. The summed E-state index contributed by atoms with van der Waals surface area (Å²) in [6.45, 7) is 18.3. The first kappa shape index (κ1) is 85.7. The zero-order valence-electron chi connectivity index (χ0n) is 61.2. The number of aliphatic hydroxyl groups excluding tert-OH is 1. The Morgan fingerprint density at radius 2 is 0.939 bits per heavy atom. The van der Waals surface area contributed by atoms with Gasteiger partial charge in [-0.05, 0) is 104 Å². The average molecular weight is 1380 g/mol. The normalized spacial score (nSPS) is 14.6. The number of phenolic OH excluding ortho intramolecular Hbond substituents is 1. The number of aromatic amines is 1. The summed E-state index contributed by atoms with van der Waals surface area (Å²) in [7, 11) is 0. The Morgan fingerprint density at radius 1 is 0.490 bits per heavy atom. The maximum atomic E-state index is 14.8. The van der Waals surface area contributed by atoms with Gasteiger partial charge >= 0.3 is 0 Å². The number of amides is 5. The molecule has 5 amide bonds. The molecule has 0 bridgehead atoms. The van der Waals surface area contributed by atoms with Crippen LogP contribution in [-0.4, -0.2) is 127 Å². The maximum absolute atomic E-state index is 14.8. The van der Waals surface area contributed by atoms with Crippen molar-refractivity contribution in [3.63, 3.8) is 0 Å². The Labute approximate surface area is 590 Å². The number of nitrogens with one attached hydrogen (secondary N) is 6. The number of phenols is 1. The number of Topliss-reactive ketones (excluding diaryl/α,β-unsaturated/α-hetero) is 5. The van der Waals surface area contributed by atoms with Crippen molar-refractivity contribution in [1.82, 2.24) is 36.6 Å². The minimum absolute atomic E-state index is 0.0159. The Bertz CT molecular complexity index is 2850. The van der Waals surface area contributed by atoms with Gasteiger partial charge in [0, 0.05) is 74.6 Å². The van der Waals surface area contributed by atoms with Crippen molar-refractivity contribution in [1.29, 1.82) is 0 Å². The van der Waals surface area contributed by atoms with Crippen molar-refractivity contribution in [2.45, 2.75) is 273 Å². The molecular formula is C78H123N7O12S. The van der Waals surface area contributed by atoms with Crippen LogP contribution in [0.3, 0.4) is 0 Å². The monoisotopic (exact) mass is 1380 g/mol. The number of aliphatic hydroxyl groups is 1. The number of carbonyl (C=O) groups is 10. The highest BCUT2D eigenvalue weighted by molar-refractivity contribution is 7.98. The Morgan fingerprint density at radius 3 is 1.42 bits per heavy atom. The Kier molecular flexibility index (Phi) is 42.2. The second-order valence-corrected chi connectivity index (χ2v) is 29.6. The predicted octanol–water partition coefficient (Wildman–Crippen LogP) is 12.3. The molecule has 0 aliphatic rings. The first-order valence-electron chi connectivity index (χ1n) is 36.9.